The van der Waals surface area contributed by atoms with E-state index in [-0.39, 0.29) is 4.90 Å². The van der Waals surface area contributed by atoms with Crippen molar-refractivity contribution in [3.63, 3.8) is 0 Å². The van der Waals surface area contributed by atoms with Crippen molar-refractivity contribution in [2.24, 2.45) is 0 Å². The molecule has 0 spiro atoms. The molecular formula is C9H10F4S2. The number of alkyl halides is 3. The average molecular weight is 258 g/mol. The summed E-state index contributed by atoms with van der Waals surface area (Å²) in [4.78, 5) is 0.0553. The maximum absolute atomic E-state index is 12.7. The SMILES string of the molecule is CS(C)(S)c1ccc(F)cc1C(F)(F)F. The van der Waals surface area contributed by atoms with Crippen LogP contribution in [0.5, 0.6) is 0 Å². The molecule has 0 saturated carbocycles. The first-order valence-corrected chi connectivity index (χ1v) is 7.45. The Hall–Kier alpha value is -0.360. The van der Waals surface area contributed by atoms with Crippen LogP contribution in [-0.4, -0.2) is 12.5 Å². The largest absolute Gasteiger partial charge is 0.417 e. The molecule has 15 heavy (non-hydrogen) atoms. The Morgan fingerprint density at radius 2 is 1.73 bits per heavy atom. The second-order valence-electron chi connectivity index (χ2n) is 3.41. The molecule has 0 aliphatic rings. The minimum atomic E-state index is -4.54. The van der Waals surface area contributed by atoms with E-state index in [1.165, 1.54) is 0 Å². The van der Waals surface area contributed by atoms with Crippen LogP contribution >= 0.6 is 20.7 Å². The maximum Gasteiger partial charge on any atom is 0.417 e. The van der Waals surface area contributed by atoms with Gasteiger partial charge in [0.2, 0.25) is 0 Å². The molecule has 0 bridgehead atoms. The molecule has 86 valence electrons. The van der Waals surface area contributed by atoms with Crippen molar-refractivity contribution in [2.45, 2.75) is 11.1 Å². The van der Waals surface area contributed by atoms with Crippen LogP contribution in [0.3, 0.4) is 0 Å². The molecule has 1 rings (SSSR count). The molecule has 0 amide bonds. The lowest BCUT2D eigenvalue weighted by Crippen LogP contribution is -2.09. The number of hydrogen-bond acceptors (Lipinski definition) is 1. The molecule has 0 fully saturated rings. The zero-order valence-corrected chi connectivity index (χ0v) is 9.81. The molecule has 0 nitrogen and oxygen atoms in total. The molecule has 6 heteroatoms. The molecule has 1 aromatic carbocycles. The second-order valence-corrected chi connectivity index (χ2v) is 9.14. The van der Waals surface area contributed by atoms with E-state index >= 15 is 0 Å². The topological polar surface area (TPSA) is 0 Å². The number of hydrogen-bond donors (Lipinski definition) is 1. The number of rotatable bonds is 1. The number of halogens is 4. The third kappa shape index (κ3) is 3.04. The highest BCUT2D eigenvalue weighted by Gasteiger charge is 2.36. The summed E-state index contributed by atoms with van der Waals surface area (Å²) in [5.41, 5.74) is -0.933. The van der Waals surface area contributed by atoms with Gasteiger partial charge in [-0.2, -0.15) is 22.2 Å². The highest BCUT2D eigenvalue weighted by molar-refractivity contribution is 8.87. The van der Waals surface area contributed by atoms with E-state index < -0.39 is 26.6 Å². The summed E-state index contributed by atoms with van der Waals surface area (Å²) in [6, 6.07) is 2.69. The van der Waals surface area contributed by atoms with Crippen molar-refractivity contribution in [1.82, 2.24) is 0 Å². The fourth-order valence-corrected chi connectivity index (χ4v) is 2.75. The summed E-state index contributed by atoms with van der Waals surface area (Å²) in [5, 5.41) is 0. The summed E-state index contributed by atoms with van der Waals surface area (Å²) >= 11 is 4.14. The van der Waals surface area contributed by atoms with Crippen LogP contribution < -0.4 is 0 Å². The van der Waals surface area contributed by atoms with Crippen molar-refractivity contribution >= 4 is 20.7 Å². The third-order valence-electron chi connectivity index (χ3n) is 1.79. The van der Waals surface area contributed by atoms with Gasteiger partial charge in [0.1, 0.15) is 5.82 Å². The molecule has 0 radical (unpaired) electrons. The van der Waals surface area contributed by atoms with E-state index in [0.29, 0.717) is 6.07 Å². The van der Waals surface area contributed by atoms with Gasteiger partial charge in [0.25, 0.3) is 0 Å². The quantitative estimate of drug-likeness (QED) is 0.437. The highest BCUT2D eigenvalue weighted by Crippen LogP contribution is 2.57. The van der Waals surface area contributed by atoms with Gasteiger partial charge in [-0.25, -0.2) is 4.39 Å². The van der Waals surface area contributed by atoms with Crippen LogP contribution in [0, 0.1) is 5.82 Å². The molecule has 0 atom stereocenters. The lowest BCUT2D eigenvalue weighted by Gasteiger charge is -2.27. The van der Waals surface area contributed by atoms with Gasteiger partial charge in [-0.1, -0.05) is 0 Å². The fourth-order valence-electron chi connectivity index (χ4n) is 1.16. The molecular weight excluding hydrogens is 248 g/mol. The van der Waals surface area contributed by atoms with Gasteiger partial charge in [0.05, 0.1) is 5.56 Å². The van der Waals surface area contributed by atoms with Crippen molar-refractivity contribution in [3.8, 4) is 0 Å². The predicted molar refractivity (Wildman–Crippen MR) is 58.1 cm³/mol. The predicted octanol–water partition coefficient (Wildman–Crippen LogP) is 4.11. The zero-order valence-electron chi connectivity index (χ0n) is 8.10. The number of benzene rings is 1. The molecule has 0 unspecified atom stereocenters. The minimum Gasteiger partial charge on any atom is -0.207 e. The van der Waals surface area contributed by atoms with Gasteiger partial charge in [-0.15, -0.1) is 11.7 Å². The van der Waals surface area contributed by atoms with Crippen molar-refractivity contribution in [3.05, 3.63) is 29.6 Å². The summed E-state index contributed by atoms with van der Waals surface area (Å²) in [6.45, 7) is 0. The normalized spacial score (nSPS) is 14.1. The summed E-state index contributed by atoms with van der Waals surface area (Å²) in [6.07, 6.45) is -1.32. The highest BCUT2D eigenvalue weighted by atomic mass is 33.1. The van der Waals surface area contributed by atoms with Crippen molar-refractivity contribution < 1.29 is 17.6 Å². The first-order valence-electron chi connectivity index (χ1n) is 3.95. The van der Waals surface area contributed by atoms with E-state index in [9.17, 15) is 17.6 Å². The minimum absolute atomic E-state index is 0.0553. The third-order valence-corrected chi connectivity index (χ3v) is 3.81. The Kier molecular flexibility index (Phi) is 3.30. The van der Waals surface area contributed by atoms with Gasteiger partial charge in [-0.3, -0.25) is 0 Å². The Labute approximate surface area is 91.8 Å². The van der Waals surface area contributed by atoms with E-state index in [2.05, 4.69) is 11.7 Å². The average Bonchev–Trinajstić information content (AvgIpc) is 2.00. The first-order chi connectivity index (χ1) is 6.62. The first kappa shape index (κ1) is 12.7. The summed E-state index contributed by atoms with van der Waals surface area (Å²) < 4.78 is 50.5. The monoisotopic (exact) mass is 258 g/mol. The second kappa shape index (κ2) is 3.90. The smallest absolute Gasteiger partial charge is 0.207 e. The Morgan fingerprint density at radius 3 is 2.13 bits per heavy atom. The fraction of sp³-hybridized carbons (Fsp3) is 0.333. The summed E-state index contributed by atoms with van der Waals surface area (Å²) in [7, 11) is -1.83. The number of thiol groups is 1. The van der Waals surface area contributed by atoms with Gasteiger partial charge >= 0.3 is 6.18 Å². The molecule has 0 aliphatic heterocycles. The lowest BCUT2D eigenvalue weighted by atomic mass is 10.2. The van der Waals surface area contributed by atoms with Gasteiger partial charge in [0.15, 0.2) is 0 Å². The van der Waals surface area contributed by atoms with Crippen LogP contribution in [0.15, 0.2) is 23.1 Å². The lowest BCUT2D eigenvalue weighted by molar-refractivity contribution is -0.140. The Balaban J connectivity index is 3.41. The van der Waals surface area contributed by atoms with E-state index in [1.807, 2.05) is 0 Å². The van der Waals surface area contributed by atoms with E-state index in [4.69, 9.17) is 0 Å². The van der Waals surface area contributed by atoms with E-state index in [1.54, 1.807) is 12.5 Å². The molecule has 0 N–H and O–H groups in total. The van der Waals surface area contributed by atoms with Gasteiger partial charge in [0, 0.05) is 4.90 Å². The molecule has 0 aliphatic carbocycles. The molecule has 0 saturated heterocycles. The maximum atomic E-state index is 12.7. The molecule has 0 heterocycles. The van der Waals surface area contributed by atoms with Crippen LogP contribution in [0.25, 0.3) is 0 Å². The van der Waals surface area contributed by atoms with Crippen LogP contribution in [0.1, 0.15) is 5.56 Å². The Bertz CT molecular complexity index is 365. The molecule has 0 aromatic heterocycles. The van der Waals surface area contributed by atoms with Crippen LogP contribution in [0.4, 0.5) is 17.6 Å². The standard InChI is InChI=1S/C9H10F4S2/c1-15(2,14)8-4-3-6(10)5-7(8)9(11,12)13/h3-5,14H,1-2H3. The van der Waals surface area contributed by atoms with Crippen molar-refractivity contribution in [1.29, 1.82) is 0 Å². The van der Waals surface area contributed by atoms with Crippen LogP contribution in [0.2, 0.25) is 0 Å². The van der Waals surface area contributed by atoms with E-state index in [0.717, 1.165) is 12.1 Å². The summed E-state index contributed by atoms with van der Waals surface area (Å²) in [5.74, 6) is -0.886. The Morgan fingerprint density at radius 1 is 1.20 bits per heavy atom. The van der Waals surface area contributed by atoms with Gasteiger partial charge < -0.3 is 0 Å². The van der Waals surface area contributed by atoms with Crippen LogP contribution in [-0.2, 0) is 6.18 Å². The zero-order chi connectivity index (χ0) is 11.9. The van der Waals surface area contributed by atoms with Crippen molar-refractivity contribution in [2.75, 3.05) is 12.5 Å². The van der Waals surface area contributed by atoms with Gasteiger partial charge in [-0.05, 0) is 30.7 Å². The molecule has 1 aromatic rings.